The summed E-state index contributed by atoms with van der Waals surface area (Å²) in [5.41, 5.74) is 4.74. The van der Waals surface area contributed by atoms with Crippen molar-refractivity contribution in [1.29, 1.82) is 0 Å². The van der Waals surface area contributed by atoms with Gasteiger partial charge in [-0.15, -0.1) is 0 Å². The predicted molar refractivity (Wildman–Crippen MR) is 126 cm³/mol. The smallest absolute Gasteiger partial charge is 0.228 e. The highest BCUT2D eigenvalue weighted by atomic mass is 16.2. The highest BCUT2D eigenvalue weighted by Crippen LogP contribution is 2.28. The molecule has 3 rings (SSSR count). The maximum atomic E-state index is 13.3. The zero-order chi connectivity index (χ0) is 22.3. The fourth-order valence-corrected chi connectivity index (χ4v) is 5.00. The molecule has 0 saturated carbocycles. The molecule has 1 heterocycles. The topological polar surface area (TPSA) is 46.2 Å². The number of piperidine rings is 1. The van der Waals surface area contributed by atoms with Gasteiger partial charge in [0.15, 0.2) is 5.78 Å². The van der Waals surface area contributed by atoms with Crippen molar-refractivity contribution < 1.29 is 14.1 Å². The average Bonchev–Trinajstić information content (AvgIpc) is 2.75. The Morgan fingerprint density at radius 2 is 1.74 bits per heavy atom. The molecule has 1 aliphatic heterocycles. The van der Waals surface area contributed by atoms with Gasteiger partial charge < -0.3 is 9.80 Å². The molecule has 1 fully saturated rings. The molecule has 4 nitrogen and oxygen atoms in total. The van der Waals surface area contributed by atoms with Gasteiger partial charge in [0.05, 0.1) is 19.0 Å². The summed E-state index contributed by atoms with van der Waals surface area (Å²) in [7, 11) is 0. The summed E-state index contributed by atoms with van der Waals surface area (Å²) in [6.45, 7) is 9.94. The molecule has 0 radical (unpaired) electrons. The summed E-state index contributed by atoms with van der Waals surface area (Å²) in [5.74, 6) is 0.402. The Morgan fingerprint density at radius 1 is 1.03 bits per heavy atom. The van der Waals surface area contributed by atoms with Crippen LogP contribution in [-0.2, 0) is 22.6 Å². The molecular weight excluding hydrogens is 384 g/mol. The van der Waals surface area contributed by atoms with Gasteiger partial charge in [-0.25, -0.2) is 0 Å². The second kappa shape index (κ2) is 10.7. The van der Waals surface area contributed by atoms with E-state index < -0.39 is 0 Å². The van der Waals surface area contributed by atoms with Gasteiger partial charge in [0.1, 0.15) is 13.1 Å². The molecule has 2 aromatic carbocycles. The molecule has 0 spiro atoms. The Bertz CT molecular complexity index is 873. The first-order valence-corrected chi connectivity index (χ1v) is 11.7. The van der Waals surface area contributed by atoms with E-state index >= 15 is 0 Å². The minimum absolute atomic E-state index is 0.0167. The fraction of sp³-hybridized carbons (Fsp3) is 0.481. The van der Waals surface area contributed by atoms with Crippen molar-refractivity contribution in [2.45, 2.75) is 53.0 Å². The second-order valence-corrected chi connectivity index (χ2v) is 9.27. The Hall–Kier alpha value is -2.46. The number of nitrogens with one attached hydrogen (secondary N) is 1. The number of benzene rings is 2. The van der Waals surface area contributed by atoms with Crippen LogP contribution >= 0.6 is 0 Å². The number of rotatable bonds is 9. The summed E-state index contributed by atoms with van der Waals surface area (Å²) >= 11 is 0. The molecule has 2 atom stereocenters. The number of aryl methyl sites for hydroxylation is 2. The number of ketones is 1. The summed E-state index contributed by atoms with van der Waals surface area (Å²) in [4.78, 5) is 26.1. The van der Waals surface area contributed by atoms with Crippen LogP contribution in [0.5, 0.6) is 0 Å². The number of likely N-dealkylation sites (tertiary alicyclic amines) is 1. The van der Waals surface area contributed by atoms with Crippen molar-refractivity contribution in [3.63, 3.8) is 0 Å². The molecule has 166 valence electrons. The van der Waals surface area contributed by atoms with Crippen molar-refractivity contribution in [2.75, 3.05) is 26.2 Å². The molecule has 4 heteroatoms. The van der Waals surface area contributed by atoms with Crippen LogP contribution in [0.1, 0.15) is 48.4 Å². The molecule has 0 bridgehead atoms. The minimum Gasteiger partial charge on any atom is -0.356 e. The maximum Gasteiger partial charge on any atom is 0.228 e. The number of hydrogen-bond donors (Lipinski definition) is 1. The van der Waals surface area contributed by atoms with Crippen LogP contribution in [0, 0.1) is 19.8 Å². The summed E-state index contributed by atoms with van der Waals surface area (Å²) < 4.78 is 0.679. The van der Waals surface area contributed by atoms with Gasteiger partial charge in [0.25, 0.3) is 0 Å². The zero-order valence-corrected chi connectivity index (χ0v) is 19.3. The number of amides is 1. The number of Topliss-reactive ketones (excluding diaryl/α,β-unsaturated/α-hetero) is 1. The number of quaternary nitrogens is 1. The Balaban J connectivity index is 1.80. The predicted octanol–water partition coefficient (Wildman–Crippen LogP) is 4.37. The Labute approximate surface area is 187 Å². The molecular formula is C27H37N2O2+. The van der Waals surface area contributed by atoms with Crippen molar-refractivity contribution in [1.82, 2.24) is 5.32 Å². The van der Waals surface area contributed by atoms with Crippen LogP contribution in [0.15, 0.2) is 48.5 Å². The second-order valence-electron chi connectivity index (χ2n) is 9.27. The molecule has 31 heavy (non-hydrogen) atoms. The number of nitrogens with zero attached hydrogens (tertiary/aromatic N) is 1. The third-order valence-corrected chi connectivity index (χ3v) is 6.60. The third-order valence-electron chi connectivity index (χ3n) is 6.60. The highest BCUT2D eigenvalue weighted by Gasteiger charge is 2.39. The monoisotopic (exact) mass is 421 g/mol. The molecule has 1 saturated heterocycles. The van der Waals surface area contributed by atoms with Gasteiger partial charge in [0, 0.05) is 18.5 Å². The Kier molecular flexibility index (Phi) is 8.03. The SMILES string of the molecule is CCCNC(=O)C1CCC[N+](CC(=O)Cc2c(C)cccc2C)(Cc2ccccc2)C1. The molecule has 0 aromatic heterocycles. The standard InChI is InChI=1S/C27H36N2O2/c1-4-15-28-27(31)24-14-9-16-29(19-24,18-23-12-6-5-7-13-23)20-25(30)17-26-21(2)10-8-11-22(26)3/h5-8,10-13,24H,4,9,14-20H2,1-3H3/p+1. The fourth-order valence-electron chi connectivity index (χ4n) is 5.00. The molecule has 0 aliphatic carbocycles. The first kappa shape index (κ1) is 23.2. The van der Waals surface area contributed by atoms with Crippen molar-refractivity contribution >= 4 is 11.7 Å². The van der Waals surface area contributed by atoms with E-state index in [4.69, 9.17) is 0 Å². The van der Waals surface area contributed by atoms with E-state index in [-0.39, 0.29) is 17.6 Å². The van der Waals surface area contributed by atoms with Gasteiger partial charge >= 0.3 is 0 Å². The van der Waals surface area contributed by atoms with E-state index in [0.717, 1.165) is 51.0 Å². The van der Waals surface area contributed by atoms with Crippen LogP contribution < -0.4 is 5.32 Å². The van der Waals surface area contributed by atoms with Crippen LogP contribution in [0.25, 0.3) is 0 Å². The van der Waals surface area contributed by atoms with Crippen LogP contribution in [0.3, 0.4) is 0 Å². The van der Waals surface area contributed by atoms with Crippen molar-refractivity contribution in [3.05, 3.63) is 70.8 Å². The van der Waals surface area contributed by atoms with Crippen LogP contribution in [0.4, 0.5) is 0 Å². The first-order valence-electron chi connectivity index (χ1n) is 11.7. The first-order chi connectivity index (χ1) is 14.9. The number of carbonyl (C=O) groups is 2. The molecule has 2 unspecified atom stereocenters. The zero-order valence-electron chi connectivity index (χ0n) is 19.3. The van der Waals surface area contributed by atoms with E-state index in [2.05, 4.69) is 62.5 Å². The lowest BCUT2D eigenvalue weighted by Gasteiger charge is -2.43. The number of hydrogen-bond acceptors (Lipinski definition) is 2. The van der Waals surface area contributed by atoms with Crippen molar-refractivity contribution in [2.24, 2.45) is 5.92 Å². The summed E-state index contributed by atoms with van der Waals surface area (Å²) in [6, 6.07) is 16.6. The van der Waals surface area contributed by atoms with Crippen LogP contribution in [-0.4, -0.2) is 42.4 Å². The number of carbonyl (C=O) groups excluding carboxylic acids is 2. The van der Waals surface area contributed by atoms with E-state index in [1.165, 1.54) is 16.7 Å². The quantitative estimate of drug-likeness (QED) is 0.611. The van der Waals surface area contributed by atoms with Gasteiger partial charge in [-0.05, 0) is 49.8 Å². The summed E-state index contributed by atoms with van der Waals surface area (Å²) in [6.07, 6.45) is 3.31. The van der Waals surface area contributed by atoms with Crippen LogP contribution in [0.2, 0.25) is 0 Å². The van der Waals surface area contributed by atoms with Gasteiger partial charge in [-0.2, -0.15) is 0 Å². The van der Waals surface area contributed by atoms with Gasteiger partial charge in [0.2, 0.25) is 5.91 Å². The van der Waals surface area contributed by atoms with E-state index in [1.54, 1.807) is 0 Å². The average molecular weight is 422 g/mol. The summed E-state index contributed by atoms with van der Waals surface area (Å²) in [5, 5.41) is 3.08. The van der Waals surface area contributed by atoms with E-state index in [9.17, 15) is 9.59 Å². The minimum atomic E-state index is -0.0167. The molecule has 1 aliphatic rings. The lowest BCUT2D eigenvalue weighted by atomic mass is 9.92. The largest absolute Gasteiger partial charge is 0.356 e. The molecule has 1 amide bonds. The van der Waals surface area contributed by atoms with Gasteiger partial charge in [-0.1, -0.05) is 55.5 Å². The van der Waals surface area contributed by atoms with Crippen molar-refractivity contribution in [3.8, 4) is 0 Å². The van der Waals surface area contributed by atoms with E-state index in [1.807, 2.05) is 12.1 Å². The molecule has 1 N–H and O–H groups in total. The Morgan fingerprint density at radius 3 is 2.42 bits per heavy atom. The molecule has 2 aromatic rings. The highest BCUT2D eigenvalue weighted by molar-refractivity contribution is 5.83. The maximum absolute atomic E-state index is 13.3. The third kappa shape index (κ3) is 6.27. The van der Waals surface area contributed by atoms with E-state index in [0.29, 0.717) is 17.4 Å². The normalized spacial score (nSPS) is 20.9. The lowest BCUT2D eigenvalue weighted by Crippen LogP contribution is -2.58. The lowest BCUT2D eigenvalue weighted by molar-refractivity contribution is -0.940. The van der Waals surface area contributed by atoms with Gasteiger partial charge in [-0.3, -0.25) is 9.59 Å².